The topological polar surface area (TPSA) is 67.2 Å². The van der Waals surface area contributed by atoms with Crippen LogP contribution in [0.25, 0.3) is 10.9 Å². The van der Waals surface area contributed by atoms with E-state index in [-0.39, 0.29) is 17.7 Å². The first-order chi connectivity index (χ1) is 13.0. The lowest BCUT2D eigenvalue weighted by molar-refractivity contribution is -0.119. The van der Waals surface area contributed by atoms with Crippen molar-refractivity contribution in [1.82, 2.24) is 14.5 Å². The summed E-state index contributed by atoms with van der Waals surface area (Å²) < 4.78 is 1.93. The molecule has 2 amide bonds. The summed E-state index contributed by atoms with van der Waals surface area (Å²) in [7, 11) is 1.91. The second-order valence-electron chi connectivity index (χ2n) is 7.09. The van der Waals surface area contributed by atoms with Crippen molar-refractivity contribution in [3.63, 3.8) is 0 Å². The number of fused-ring (bicyclic) bond motifs is 1. The predicted molar refractivity (Wildman–Crippen MR) is 105 cm³/mol. The lowest BCUT2D eigenvalue weighted by atomic mass is 10.1. The molecule has 3 heterocycles. The molecule has 1 saturated heterocycles. The van der Waals surface area contributed by atoms with E-state index in [0.717, 1.165) is 10.9 Å². The first-order valence-electron chi connectivity index (χ1n) is 9.10. The largest absolute Gasteiger partial charge is 0.340 e. The van der Waals surface area contributed by atoms with Crippen molar-refractivity contribution in [1.29, 1.82) is 0 Å². The summed E-state index contributed by atoms with van der Waals surface area (Å²) in [5.41, 5.74) is 2.86. The van der Waals surface area contributed by atoms with Crippen molar-refractivity contribution in [2.24, 2.45) is 13.0 Å². The highest BCUT2D eigenvalue weighted by Crippen LogP contribution is 2.24. The van der Waals surface area contributed by atoms with Gasteiger partial charge >= 0.3 is 0 Å². The molecule has 0 bridgehead atoms. The summed E-state index contributed by atoms with van der Waals surface area (Å²) in [6, 6.07) is 13.5. The van der Waals surface area contributed by atoms with E-state index in [4.69, 9.17) is 0 Å². The highest BCUT2D eigenvalue weighted by Gasteiger charge is 2.32. The minimum atomic E-state index is -0.215. The maximum Gasteiger partial charge on any atom is 0.270 e. The molecule has 2 aromatic heterocycles. The van der Waals surface area contributed by atoms with E-state index >= 15 is 0 Å². The fourth-order valence-corrected chi connectivity index (χ4v) is 3.66. The van der Waals surface area contributed by atoms with E-state index in [1.54, 1.807) is 23.2 Å². The predicted octanol–water partition coefficient (Wildman–Crippen LogP) is 2.98. The highest BCUT2D eigenvalue weighted by molar-refractivity contribution is 6.00. The number of hydrogen-bond donors (Lipinski definition) is 1. The van der Waals surface area contributed by atoms with Crippen molar-refractivity contribution in [2.75, 3.05) is 18.4 Å². The minimum absolute atomic E-state index is 0.0283. The van der Waals surface area contributed by atoms with Crippen LogP contribution >= 0.6 is 0 Å². The number of pyridine rings is 1. The van der Waals surface area contributed by atoms with Crippen molar-refractivity contribution in [3.8, 4) is 0 Å². The van der Waals surface area contributed by atoms with Crippen molar-refractivity contribution < 1.29 is 9.59 Å². The van der Waals surface area contributed by atoms with Gasteiger partial charge in [0.2, 0.25) is 5.91 Å². The van der Waals surface area contributed by atoms with Crippen molar-refractivity contribution >= 4 is 28.5 Å². The van der Waals surface area contributed by atoms with Crippen LogP contribution in [0.2, 0.25) is 0 Å². The molecular weight excluding hydrogens is 340 g/mol. The van der Waals surface area contributed by atoms with Gasteiger partial charge in [0, 0.05) is 37.2 Å². The van der Waals surface area contributed by atoms with Crippen LogP contribution in [-0.4, -0.2) is 39.4 Å². The third kappa shape index (κ3) is 3.30. The highest BCUT2D eigenvalue weighted by atomic mass is 16.2. The van der Waals surface area contributed by atoms with Crippen LogP contribution in [0.4, 0.5) is 5.82 Å². The van der Waals surface area contributed by atoms with Gasteiger partial charge in [-0.1, -0.05) is 17.7 Å². The van der Waals surface area contributed by atoms with E-state index in [9.17, 15) is 9.59 Å². The number of likely N-dealkylation sites (tertiary alicyclic amines) is 1. The van der Waals surface area contributed by atoms with Crippen LogP contribution in [0, 0.1) is 12.8 Å². The number of nitrogens with one attached hydrogen (secondary N) is 1. The molecule has 138 valence electrons. The Morgan fingerprint density at radius 3 is 2.81 bits per heavy atom. The molecule has 1 fully saturated rings. The Hall–Kier alpha value is -3.15. The van der Waals surface area contributed by atoms with Gasteiger partial charge in [0.1, 0.15) is 11.5 Å². The Morgan fingerprint density at radius 1 is 1.19 bits per heavy atom. The van der Waals surface area contributed by atoms with Crippen molar-refractivity contribution in [3.05, 3.63) is 59.9 Å². The fraction of sp³-hybridized carbons (Fsp3) is 0.286. The Bertz CT molecular complexity index is 1010. The van der Waals surface area contributed by atoms with E-state index in [0.29, 0.717) is 31.0 Å². The van der Waals surface area contributed by atoms with Gasteiger partial charge in [-0.3, -0.25) is 9.59 Å². The number of carbonyl (C=O) groups is 2. The second kappa shape index (κ2) is 6.87. The van der Waals surface area contributed by atoms with Crippen molar-refractivity contribution in [2.45, 2.75) is 13.3 Å². The SMILES string of the molecule is Cc1ccc2c(c1)cc(C(=O)N1CC[C@@H](C(=O)Nc3ccccn3)C1)n2C. The van der Waals surface area contributed by atoms with E-state index < -0.39 is 0 Å². The summed E-state index contributed by atoms with van der Waals surface area (Å²) in [5, 5.41) is 3.89. The van der Waals surface area contributed by atoms with Crippen LogP contribution in [0.3, 0.4) is 0 Å². The fourth-order valence-electron chi connectivity index (χ4n) is 3.66. The van der Waals surface area contributed by atoms with E-state index in [1.807, 2.05) is 42.8 Å². The number of aromatic nitrogens is 2. The van der Waals surface area contributed by atoms with Gasteiger partial charge in [0.15, 0.2) is 0 Å². The van der Waals surface area contributed by atoms with Gasteiger partial charge in [0.05, 0.1) is 5.92 Å². The van der Waals surface area contributed by atoms with Gasteiger partial charge in [0.25, 0.3) is 5.91 Å². The first-order valence-corrected chi connectivity index (χ1v) is 9.10. The summed E-state index contributed by atoms with van der Waals surface area (Å²) in [4.78, 5) is 31.4. The summed E-state index contributed by atoms with van der Waals surface area (Å²) >= 11 is 0. The Kier molecular flexibility index (Phi) is 4.39. The average Bonchev–Trinajstić information content (AvgIpc) is 3.27. The quantitative estimate of drug-likeness (QED) is 0.779. The number of rotatable bonds is 3. The Labute approximate surface area is 157 Å². The van der Waals surface area contributed by atoms with Crippen LogP contribution in [0.1, 0.15) is 22.5 Å². The molecule has 6 heteroatoms. The molecule has 4 rings (SSSR count). The van der Waals surface area contributed by atoms with Gasteiger partial charge in [-0.2, -0.15) is 0 Å². The zero-order valence-electron chi connectivity index (χ0n) is 15.5. The minimum Gasteiger partial charge on any atom is -0.340 e. The molecule has 1 aromatic carbocycles. The van der Waals surface area contributed by atoms with Gasteiger partial charge in [-0.05, 0) is 43.7 Å². The third-order valence-electron chi connectivity index (χ3n) is 5.18. The molecule has 1 atom stereocenters. The molecule has 0 radical (unpaired) electrons. The number of carbonyl (C=O) groups excluding carboxylic acids is 2. The standard InChI is InChI=1S/C21H22N4O2/c1-14-6-7-17-16(11-14)12-18(24(17)2)21(27)25-10-8-15(13-25)20(26)23-19-5-3-4-9-22-19/h3-7,9,11-12,15H,8,10,13H2,1-2H3,(H,22,23,26)/t15-/m1/s1. The second-order valence-corrected chi connectivity index (χ2v) is 7.09. The smallest absolute Gasteiger partial charge is 0.270 e. The molecule has 1 aliphatic rings. The monoisotopic (exact) mass is 362 g/mol. The Balaban J connectivity index is 1.48. The molecule has 3 aromatic rings. The number of benzene rings is 1. The summed E-state index contributed by atoms with van der Waals surface area (Å²) in [6.45, 7) is 3.05. The number of hydrogen-bond acceptors (Lipinski definition) is 3. The van der Waals surface area contributed by atoms with Crippen LogP contribution in [0.5, 0.6) is 0 Å². The lowest BCUT2D eigenvalue weighted by Gasteiger charge is -2.17. The third-order valence-corrected chi connectivity index (χ3v) is 5.18. The molecule has 0 spiro atoms. The summed E-state index contributed by atoms with van der Waals surface area (Å²) in [6.07, 6.45) is 2.30. The number of nitrogens with zero attached hydrogens (tertiary/aromatic N) is 3. The summed E-state index contributed by atoms with van der Waals surface area (Å²) in [5.74, 6) is 0.209. The molecule has 6 nitrogen and oxygen atoms in total. The maximum atomic E-state index is 13.0. The molecule has 0 saturated carbocycles. The molecule has 1 aliphatic heterocycles. The average molecular weight is 362 g/mol. The first kappa shape index (κ1) is 17.3. The lowest BCUT2D eigenvalue weighted by Crippen LogP contribution is -2.32. The van der Waals surface area contributed by atoms with Crippen LogP contribution < -0.4 is 5.32 Å². The van der Waals surface area contributed by atoms with E-state index in [1.165, 1.54) is 5.56 Å². The van der Waals surface area contributed by atoms with Crippen LogP contribution in [0.15, 0.2) is 48.7 Å². The Morgan fingerprint density at radius 2 is 2.04 bits per heavy atom. The van der Waals surface area contributed by atoms with Gasteiger partial charge < -0.3 is 14.8 Å². The molecule has 27 heavy (non-hydrogen) atoms. The molecule has 1 N–H and O–H groups in total. The van der Waals surface area contributed by atoms with Gasteiger partial charge in [-0.25, -0.2) is 4.98 Å². The molecular formula is C21H22N4O2. The normalized spacial score (nSPS) is 16.7. The molecule has 0 aliphatic carbocycles. The zero-order valence-corrected chi connectivity index (χ0v) is 15.5. The number of aryl methyl sites for hydroxylation is 2. The van der Waals surface area contributed by atoms with Gasteiger partial charge in [-0.15, -0.1) is 0 Å². The number of amides is 2. The van der Waals surface area contributed by atoms with E-state index in [2.05, 4.69) is 16.4 Å². The number of anilines is 1. The molecule has 0 unspecified atom stereocenters. The zero-order chi connectivity index (χ0) is 19.0. The van der Waals surface area contributed by atoms with Crippen LogP contribution in [-0.2, 0) is 11.8 Å². The maximum absolute atomic E-state index is 13.0.